The lowest BCUT2D eigenvalue weighted by Gasteiger charge is -2.28. The quantitative estimate of drug-likeness (QED) is 0.479. The van der Waals surface area contributed by atoms with E-state index in [0.29, 0.717) is 6.04 Å². The number of esters is 1. The second kappa shape index (κ2) is 8.25. The summed E-state index contributed by atoms with van der Waals surface area (Å²) in [6.45, 7) is 5.82. The van der Waals surface area contributed by atoms with E-state index in [1.807, 2.05) is 20.8 Å². The summed E-state index contributed by atoms with van der Waals surface area (Å²) < 4.78 is 4.93. The van der Waals surface area contributed by atoms with Crippen LogP contribution in [0.25, 0.3) is 0 Å². The Morgan fingerprint density at radius 3 is 2.60 bits per heavy atom. The Balaban J connectivity index is 2.26. The van der Waals surface area contributed by atoms with Crippen LogP contribution in [-0.2, 0) is 9.53 Å². The minimum atomic E-state index is -0.545. The highest BCUT2D eigenvalue weighted by Gasteiger charge is 2.38. The van der Waals surface area contributed by atoms with Crippen molar-refractivity contribution in [3.05, 3.63) is 0 Å². The van der Waals surface area contributed by atoms with Gasteiger partial charge in [-0.2, -0.15) is 11.8 Å². The maximum Gasteiger partial charge on any atom is 0.325 e. The van der Waals surface area contributed by atoms with Crippen LogP contribution in [-0.4, -0.2) is 46.9 Å². The largest absolute Gasteiger partial charge is 0.468 e. The summed E-state index contributed by atoms with van der Waals surface area (Å²) in [4.78, 5) is 11.9. The zero-order valence-electron chi connectivity index (χ0n) is 13.1. The molecular weight excluding hydrogens is 274 g/mol. The molecule has 0 aromatic heterocycles. The number of thioether (sulfide) groups is 1. The molecule has 0 aromatic rings. The second-order valence-corrected chi connectivity index (χ2v) is 7.50. The Kier molecular flexibility index (Phi) is 7.34. The molecule has 1 fully saturated rings. The summed E-state index contributed by atoms with van der Waals surface area (Å²) in [7, 11) is 1.45. The second-order valence-electron chi connectivity index (χ2n) is 6.02. The number of aliphatic hydroxyl groups is 1. The van der Waals surface area contributed by atoms with Gasteiger partial charge in [0.2, 0.25) is 0 Å². The van der Waals surface area contributed by atoms with Crippen molar-refractivity contribution in [1.29, 1.82) is 0 Å². The monoisotopic (exact) mass is 303 g/mol. The van der Waals surface area contributed by atoms with E-state index in [4.69, 9.17) is 4.74 Å². The first-order valence-electron chi connectivity index (χ1n) is 7.55. The predicted octanol–water partition coefficient (Wildman–Crippen LogP) is 2.34. The molecule has 0 bridgehead atoms. The van der Waals surface area contributed by atoms with E-state index in [9.17, 15) is 9.90 Å². The van der Waals surface area contributed by atoms with Gasteiger partial charge in [-0.05, 0) is 45.3 Å². The SMILES string of the molecule is COC(=O)C(C)(CCCCSC(C)C(C)O)NC1CC1. The van der Waals surface area contributed by atoms with Gasteiger partial charge < -0.3 is 9.84 Å². The first-order chi connectivity index (χ1) is 9.39. The molecule has 0 saturated heterocycles. The first kappa shape index (κ1) is 17.8. The van der Waals surface area contributed by atoms with Crippen LogP contribution in [0, 0.1) is 0 Å². The number of carbonyl (C=O) groups is 1. The van der Waals surface area contributed by atoms with Crippen LogP contribution in [0.5, 0.6) is 0 Å². The van der Waals surface area contributed by atoms with Crippen LogP contribution in [0.3, 0.4) is 0 Å². The Hall–Kier alpha value is -0.260. The molecule has 0 radical (unpaired) electrons. The Morgan fingerprint density at radius 2 is 2.10 bits per heavy atom. The molecule has 0 amide bonds. The fraction of sp³-hybridized carbons (Fsp3) is 0.933. The number of aliphatic hydroxyl groups excluding tert-OH is 1. The molecule has 4 nitrogen and oxygen atoms in total. The number of ether oxygens (including phenoxy) is 1. The van der Waals surface area contributed by atoms with Gasteiger partial charge in [0.15, 0.2) is 0 Å². The number of hydrogen-bond acceptors (Lipinski definition) is 5. The topological polar surface area (TPSA) is 58.6 Å². The van der Waals surface area contributed by atoms with E-state index in [-0.39, 0.29) is 17.3 Å². The molecule has 1 saturated carbocycles. The smallest absolute Gasteiger partial charge is 0.325 e. The average molecular weight is 303 g/mol. The van der Waals surface area contributed by atoms with Crippen molar-refractivity contribution in [2.75, 3.05) is 12.9 Å². The van der Waals surface area contributed by atoms with Crippen molar-refractivity contribution in [2.24, 2.45) is 0 Å². The number of carbonyl (C=O) groups excluding carboxylic acids is 1. The van der Waals surface area contributed by atoms with Crippen LogP contribution in [0.4, 0.5) is 0 Å². The molecule has 0 heterocycles. The number of hydrogen-bond donors (Lipinski definition) is 2. The van der Waals surface area contributed by atoms with E-state index in [2.05, 4.69) is 5.32 Å². The van der Waals surface area contributed by atoms with Crippen molar-refractivity contribution in [3.8, 4) is 0 Å². The number of unbranched alkanes of at least 4 members (excludes halogenated alkanes) is 1. The van der Waals surface area contributed by atoms with Crippen molar-refractivity contribution >= 4 is 17.7 Å². The van der Waals surface area contributed by atoms with Crippen molar-refractivity contribution in [2.45, 2.75) is 75.8 Å². The van der Waals surface area contributed by atoms with Crippen LogP contribution in [0.1, 0.15) is 52.9 Å². The van der Waals surface area contributed by atoms with Gasteiger partial charge in [0.25, 0.3) is 0 Å². The third kappa shape index (κ3) is 6.02. The van der Waals surface area contributed by atoms with Gasteiger partial charge in [0.1, 0.15) is 5.54 Å². The maximum absolute atomic E-state index is 11.9. The van der Waals surface area contributed by atoms with Crippen molar-refractivity contribution < 1.29 is 14.6 Å². The Morgan fingerprint density at radius 1 is 1.45 bits per heavy atom. The van der Waals surface area contributed by atoms with Gasteiger partial charge in [-0.25, -0.2) is 0 Å². The molecule has 3 atom stereocenters. The molecule has 3 unspecified atom stereocenters. The lowest BCUT2D eigenvalue weighted by atomic mass is 9.95. The minimum Gasteiger partial charge on any atom is -0.468 e. The summed E-state index contributed by atoms with van der Waals surface area (Å²) in [5.74, 6) is 0.863. The summed E-state index contributed by atoms with van der Waals surface area (Å²) in [5.41, 5.74) is -0.545. The molecule has 1 aliphatic carbocycles. The van der Waals surface area contributed by atoms with E-state index < -0.39 is 5.54 Å². The van der Waals surface area contributed by atoms with E-state index in [1.165, 1.54) is 7.11 Å². The molecular formula is C15H29NO3S. The van der Waals surface area contributed by atoms with E-state index in [0.717, 1.165) is 37.9 Å². The molecule has 1 rings (SSSR count). The zero-order chi connectivity index (χ0) is 15.2. The molecule has 0 spiro atoms. The molecule has 2 N–H and O–H groups in total. The summed E-state index contributed by atoms with van der Waals surface area (Å²) in [6, 6.07) is 0.490. The summed E-state index contributed by atoms with van der Waals surface area (Å²) in [5, 5.41) is 13.1. The first-order valence-corrected chi connectivity index (χ1v) is 8.59. The maximum atomic E-state index is 11.9. The highest BCUT2D eigenvalue weighted by atomic mass is 32.2. The Bertz CT molecular complexity index is 307. The standard InChI is InChI=1S/C15H29NO3S/c1-11(17)12(2)20-10-6-5-9-15(3,14(18)19-4)16-13-7-8-13/h11-13,16-17H,5-10H2,1-4H3. The number of nitrogens with one attached hydrogen (secondary N) is 1. The van der Waals surface area contributed by atoms with Crippen LogP contribution in [0.15, 0.2) is 0 Å². The highest BCUT2D eigenvalue weighted by molar-refractivity contribution is 7.99. The van der Waals surface area contributed by atoms with Crippen LogP contribution >= 0.6 is 11.8 Å². The van der Waals surface area contributed by atoms with Gasteiger partial charge >= 0.3 is 5.97 Å². The van der Waals surface area contributed by atoms with Crippen molar-refractivity contribution in [3.63, 3.8) is 0 Å². The van der Waals surface area contributed by atoms with E-state index >= 15 is 0 Å². The molecule has 1 aliphatic rings. The molecule has 118 valence electrons. The molecule has 5 heteroatoms. The summed E-state index contributed by atoms with van der Waals surface area (Å²) in [6.07, 6.45) is 4.91. The van der Waals surface area contributed by atoms with Crippen LogP contribution in [0.2, 0.25) is 0 Å². The zero-order valence-corrected chi connectivity index (χ0v) is 14.0. The average Bonchev–Trinajstić information content (AvgIpc) is 3.20. The molecule has 0 aromatic carbocycles. The van der Waals surface area contributed by atoms with Crippen LogP contribution < -0.4 is 5.32 Å². The van der Waals surface area contributed by atoms with Gasteiger partial charge in [-0.1, -0.05) is 13.3 Å². The lowest BCUT2D eigenvalue weighted by Crippen LogP contribution is -2.51. The Labute approximate surface area is 127 Å². The van der Waals surface area contributed by atoms with Gasteiger partial charge in [0.05, 0.1) is 13.2 Å². The van der Waals surface area contributed by atoms with Gasteiger partial charge in [-0.3, -0.25) is 10.1 Å². The number of methoxy groups -OCH3 is 1. The lowest BCUT2D eigenvalue weighted by molar-refractivity contribution is -0.148. The highest BCUT2D eigenvalue weighted by Crippen LogP contribution is 2.26. The third-order valence-corrected chi connectivity index (χ3v) is 5.31. The number of rotatable bonds is 10. The van der Waals surface area contributed by atoms with Gasteiger partial charge in [0, 0.05) is 11.3 Å². The minimum absolute atomic E-state index is 0.158. The fourth-order valence-corrected chi connectivity index (χ4v) is 3.15. The van der Waals surface area contributed by atoms with E-state index in [1.54, 1.807) is 11.8 Å². The molecule has 0 aliphatic heterocycles. The molecule has 20 heavy (non-hydrogen) atoms. The van der Waals surface area contributed by atoms with Crippen molar-refractivity contribution in [1.82, 2.24) is 5.32 Å². The third-order valence-electron chi connectivity index (χ3n) is 3.87. The fourth-order valence-electron chi connectivity index (χ4n) is 2.13. The van der Waals surface area contributed by atoms with Gasteiger partial charge in [-0.15, -0.1) is 0 Å². The predicted molar refractivity (Wildman–Crippen MR) is 84.0 cm³/mol. The summed E-state index contributed by atoms with van der Waals surface area (Å²) >= 11 is 1.79. The normalized spacial score (nSPS) is 21.1.